The van der Waals surface area contributed by atoms with E-state index >= 15 is 0 Å². The zero-order chi connectivity index (χ0) is 19.4. The lowest BCUT2D eigenvalue weighted by Gasteiger charge is -2.26. The Hall–Kier alpha value is -1.81. The Kier molecular flexibility index (Phi) is 6.25. The van der Waals surface area contributed by atoms with E-state index in [9.17, 15) is 13.5 Å². The molecular weight excluding hydrogens is 434 g/mol. The molecule has 0 aliphatic carbocycles. The summed E-state index contributed by atoms with van der Waals surface area (Å²) in [6, 6.07) is 9.80. The molecule has 0 aromatic heterocycles. The number of phenols is 1. The number of hydrogen-bond acceptors (Lipinski definition) is 6. The fraction of sp³-hybridized carbons (Fsp3) is 0.333. The normalized spacial score (nSPS) is 16.1. The molecule has 7 nitrogen and oxygen atoms in total. The van der Waals surface area contributed by atoms with Gasteiger partial charge in [-0.05, 0) is 64.3 Å². The van der Waals surface area contributed by atoms with Crippen molar-refractivity contribution in [3.05, 3.63) is 46.4 Å². The predicted molar refractivity (Wildman–Crippen MR) is 105 cm³/mol. The fourth-order valence-electron chi connectivity index (χ4n) is 2.65. The molecule has 1 aliphatic rings. The number of halogens is 1. The maximum atomic E-state index is 12.6. The average Bonchev–Trinajstić information content (AvgIpc) is 2.70. The minimum atomic E-state index is -3.53. The number of aryl methyl sites for hydroxylation is 1. The second-order valence-corrected chi connectivity index (χ2v) is 8.80. The first-order valence-corrected chi connectivity index (χ1v) is 10.8. The van der Waals surface area contributed by atoms with Crippen LogP contribution in [0.2, 0.25) is 0 Å². The monoisotopic (exact) mass is 453 g/mol. The fourth-order valence-corrected chi connectivity index (χ4v) is 4.56. The molecule has 3 rings (SSSR count). The molecule has 9 heteroatoms. The van der Waals surface area contributed by atoms with Crippen LogP contribution >= 0.6 is 15.9 Å². The van der Waals surface area contributed by atoms with Crippen LogP contribution in [-0.2, 0) is 21.2 Å². The van der Waals surface area contributed by atoms with Crippen molar-refractivity contribution >= 4 is 37.3 Å². The van der Waals surface area contributed by atoms with Crippen molar-refractivity contribution in [1.29, 1.82) is 0 Å². The summed E-state index contributed by atoms with van der Waals surface area (Å²) in [5.74, 6) is 0.0162. The van der Waals surface area contributed by atoms with E-state index in [1.54, 1.807) is 18.2 Å². The van der Waals surface area contributed by atoms with Crippen LogP contribution in [0.15, 0.2) is 56.0 Å². The standard InChI is InChI=1S/C18H20BrN3O4S/c1-2-13-11-16(19)18(23)17(12-13)21-20-14-3-5-15(6-4-14)27(24,25)22-7-9-26-10-8-22/h3-6,11-12,23H,2,7-10H2,1H3. The quantitative estimate of drug-likeness (QED) is 0.687. The third kappa shape index (κ3) is 4.55. The Morgan fingerprint density at radius 2 is 1.81 bits per heavy atom. The molecule has 1 N–H and O–H groups in total. The van der Waals surface area contributed by atoms with Crippen molar-refractivity contribution in [3.63, 3.8) is 0 Å². The number of phenolic OH excluding ortho intramolecular Hbond substituents is 1. The maximum Gasteiger partial charge on any atom is 0.243 e. The van der Waals surface area contributed by atoms with Crippen LogP contribution in [0.4, 0.5) is 11.4 Å². The molecule has 0 bridgehead atoms. The smallest absolute Gasteiger partial charge is 0.243 e. The number of sulfonamides is 1. The number of azo groups is 1. The number of rotatable bonds is 5. The van der Waals surface area contributed by atoms with Gasteiger partial charge in [0.05, 0.1) is 28.3 Å². The van der Waals surface area contributed by atoms with Gasteiger partial charge in [-0.1, -0.05) is 6.92 Å². The van der Waals surface area contributed by atoms with E-state index in [-0.39, 0.29) is 10.6 Å². The summed E-state index contributed by atoms with van der Waals surface area (Å²) in [5, 5.41) is 18.3. The third-order valence-electron chi connectivity index (χ3n) is 4.23. The van der Waals surface area contributed by atoms with Gasteiger partial charge in [0.15, 0.2) is 5.75 Å². The van der Waals surface area contributed by atoms with Crippen LogP contribution < -0.4 is 0 Å². The summed E-state index contributed by atoms with van der Waals surface area (Å²) in [4.78, 5) is 0.210. The number of nitrogens with zero attached hydrogens (tertiary/aromatic N) is 3. The van der Waals surface area contributed by atoms with Crippen LogP contribution in [0.1, 0.15) is 12.5 Å². The minimum absolute atomic E-state index is 0.0162. The highest BCUT2D eigenvalue weighted by Gasteiger charge is 2.26. The van der Waals surface area contributed by atoms with E-state index in [0.717, 1.165) is 12.0 Å². The van der Waals surface area contributed by atoms with E-state index in [4.69, 9.17) is 4.74 Å². The first-order valence-electron chi connectivity index (χ1n) is 8.53. The number of aromatic hydroxyl groups is 1. The third-order valence-corrected chi connectivity index (χ3v) is 6.75. The summed E-state index contributed by atoms with van der Waals surface area (Å²) in [6.07, 6.45) is 0.801. The molecule has 2 aromatic rings. The van der Waals surface area contributed by atoms with Crippen LogP contribution in [-0.4, -0.2) is 44.1 Å². The molecule has 1 fully saturated rings. The van der Waals surface area contributed by atoms with Crippen LogP contribution in [0.25, 0.3) is 0 Å². The number of ether oxygens (including phenoxy) is 1. The average molecular weight is 454 g/mol. The molecule has 27 heavy (non-hydrogen) atoms. The number of morpholine rings is 1. The Balaban J connectivity index is 1.80. The highest BCUT2D eigenvalue weighted by molar-refractivity contribution is 9.10. The first kappa shape index (κ1) is 19.9. The van der Waals surface area contributed by atoms with E-state index in [0.29, 0.717) is 42.2 Å². The highest BCUT2D eigenvalue weighted by atomic mass is 79.9. The summed E-state index contributed by atoms with van der Waals surface area (Å²) in [7, 11) is -3.53. The molecule has 0 atom stereocenters. The SMILES string of the molecule is CCc1cc(Br)c(O)c(N=Nc2ccc(S(=O)(=O)N3CCOCC3)cc2)c1. The lowest BCUT2D eigenvalue weighted by Crippen LogP contribution is -2.40. The minimum Gasteiger partial charge on any atom is -0.505 e. The van der Waals surface area contributed by atoms with Gasteiger partial charge in [-0.15, -0.1) is 5.11 Å². The van der Waals surface area contributed by atoms with Gasteiger partial charge < -0.3 is 9.84 Å². The van der Waals surface area contributed by atoms with Crippen molar-refractivity contribution in [2.24, 2.45) is 10.2 Å². The van der Waals surface area contributed by atoms with E-state index in [1.807, 2.05) is 13.0 Å². The van der Waals surface area contributed by atoms with Crippen LogP contribution in [0, 0.1) is 0 Å². The van der Waals surface area contributed by atoms with Gasteiger partial charge in [-0.2, -0.15) is 9.42 Å². The second-order valence-electron chi connectivity index (χ2n) is 6.01. The van der Waals surface area contributed by atoms with Crippen molar-refractivity contribution in [1.82, 2.24) is 4.31 Å². The van der Waals surface area contributed by atoms with Crippen molar-refractivity contribution in [2.75, 3.05) is 26.3 Å². The predicted octanol–water partition coefficient (Wildman–Crippen LogP) is 4.15. The highest BCUT2D eigenvalue weighted by Crippen LogP contribution is 2.36. The van der Waals surface area contributed by atoms with Crippen LogP contribution in [0.3, 0.4) is 0 Å². The molecule has 0 radical (unpaired) electrons. The van der Waals surface area contributed by atoms with Crippen molar-refractivity contribution < 1.29 is 18.3 Å². The molecule has 1 saturated heterocycles. The Labute approximate surface area is 166 Å². The maximum absolute atomic E-state index is 12.6. The van der Waals surface area contributed by atoms with E-state index in [2.05, 4.69) is 26.2 Å². The Morgan fingerprint density at radius 3 is 2.44 bits per heavy atom. The number of hydrogen-bond donors (Lipinski definition) is 1. The molecule has 1 heterocycles. The van der Waals surface area contributed by atoms with Gasteiger partial charge in [-0.3, -0.25) is 0 Å². The van der Waals surface area contributed by atoms with Crippen molar-refractivity contribution in [2.45, 2.75) is 18.2 Å². The van der Waals surface area contributed by atoms with Crippen molar-refractivity contribution in [3.8, 4) is 5.75 Å². The largest absolute Gasteiger partial charge is 0.505 e. The van der Waals surface area contributed by atoms with Gasteiger partial charge in [0, 0.05) is 13.1 Å². The van der Waals surface area contributed by atoms with Gasteiger partial charge in [0.2, 0.25) is 10.0 Å². The molecule has 0 amide bonds. The van der Waals surface area contributed by atoms with Gasteiger partial charge in [0.1, 0.15) is 5.69 Å². The van der Waals surface area contributed by atoms with Crippen LogP contribution in [0.5, 0.6) is 5.75 Å². The Morgan fingerprint density at radius 1 is 1.15 bits per heavy atom. The molecule has 0 spiro atoms. The Bertz CT molecular complexity index is 940. The van der Waals surface area contributed by atoms with E-state index < -0.39 is 10.0 Å². The number of benzene rings is 2. The molecule has 1 aliphatic heterocycles. The molecular formula is C18H20BrN3O4S. The summed E-state index contributed by atoms with van der Waals surface area (Å²) >= 11 is 3.30. The molecule has 0 saturated carbocycles. The lowest BCUT2D eigenvalue weighted by molar-refractivity contribution is 0.0730. The topological polar surface area (TPSA) is 91.6 Å². The van der Waals surface area contributed by atoms with Gasteiger partial charge in [0.25, 0.3) is 0 Å². The molecule has 2 aromatic carbocycles. The summed E-state index contributed by atoms with van der Waals surface area (Å²) in [5.41, 5.74) is 1.86. The zero-order valence-corrected chi connectivity index (χ0v) is 17.2. The van der Waals surface area contributed by atoms with Gasteiger partial charge >= 0.3 is 0 Å². The first-order chi connectivity index (χ1) is 12.9. The summed E-state index contributed by atoms with van der Waals surface area (Å²) < 4.78 is 32.4. The summed E-state index contributed by atoms with van der Waals surface area (Å²) in [6.45, 7) is 3.52. The molecule has 0 unspecified atom stereocenters. The molecule has 144 valence electrons. The second kappa shape index (κ2) is 8.47. The van der Waals surface area contributed by atoms with E-state index in [1.165, 1.54) is 16.4 Å². The lowest BCUT2D eigenvalue weighted by atomic mass is 10.1. The zero-order valence-electron chi connectivity index (χ0n) is 14.8. The van der Waals surface area contributed by atoms with Gasteiger partial charge in [-0.25, -0.2) is 8.42 Å².